The zero-order chi connectivity index (χ0) is 18.1. The standard InChI is InChI=1S/C20H20O6/c1-23-16-7-11(3-5-14(16)21)18-13-9-26-19(20(13,26)10-25-18)12-4-6-15(22)17(8-12)24-2/h3-8,13,18-19H,9-10H2,1-2H3,(H-,21,22)/p+1/t13-,18-,19-,20-/m0/s1. The lowest BCUT2D eigenvalue weighted by Gasteiger charge is -2.25. The van der Waals surface area contributed by atoms with Crippen LogP contribution in [0.5, 0.6) is 23.0 Å². The van der Waals surface area contributed by atoms with Gasteiger partial charge in [0.1, 0.15) is 18.6 Å². The molecule has 3 heterocycles. The fourth-order valence-electron chi connectivity index (χ4n) is 4.69. The predicted molar refractivity (Wildman–Crippen MR) is 92.9 cm³/mol. The van der Waals surface area contributed by atoms with Crippen LogP contribution in [-0.4, -0.2) is 43.2 Å². The lowest BCUT2D eigenvalue weighted by molar-refractivity contribution is -0.133. The van der Waals surface area contributed by atoms with Crippen molar-refractivity contribution in [1.82, 2.24) is 0 Å². The van der Waals surface area contributed by atoms with E-state index in [1.165, 1.54) is 0 Å². The molecule has 1 spiro atoms. The fourth-order valence-corrected chi connectivity index (χ4v) is 4.69. The Morgan fingerprint density at radius 3 is 2.27 bits per heavy atom. The summed E-state index contributed by atoms with van der Waals surface area (Å²) in [6, 6.07) is 10.9. The Morgan fingerprint density at radius 1 is 1.00 bits per heavy atom. The predicted octanol–water partition coefficient (Wildman–Crippen LogP) is 2.86. The highest BCUT2D eigenvalue weighted by Crippen LogP contribution is 2.75. The molecule has 3 aliphatic heterocycles. The van der Waals surface area contributed by atoms with E-state index in [4.69, 9.17) is 14.2 Å². The molecule has 0 aromatic heterocycles. The molecule has 0 radical (unpaired) electrons. The number of benzene rings is 2. The molecule has 2 aromatic carbocycles. The molecule has 6 heteroatoms. The number of phenols is 2. The smallest absolute Gasteiger partial charge is 0.279 e. The molecule has 4 atom stereocenters. The Hall–Kier alpha value is -2.44. The molecule has 5 rings (SSSR count). The molecule has 3 saturated heterocycles. The Bertz CT molecular complexity index is 829. The molecule has 0 unspecified atom stereocenters. The molecule has 3 aliphatic rings. The summed E-state index contributed by atoms with van der Waals surface area (Å²) in [5.41, 5.74) is 2.09. The van der Waals surface area contributed by atoms with E-state index < -0.39 is 0 Å². The number of methoxy groups -OCH3 is 2. The Labute approximate surface area is 151 Å². The molecule has 2 aromatic rings. The van der Waals surface area contributed by atoms with Crippen molar-refractivity contribution in [2.75, 3.05) is 27.4 Å². The van der Waals surface area contributed by atoms with Crippen molar-refractivity contribution in [1.29, 1.82) is 0 Å². The lowest BCUT2D eigenvalue weighted by atomic mass is 9.82. The number of hydrogen-bond donors (Lipinski definition) is 2. The topological polar surface area (TPSA) is 70.9 Å². The third-order valence-electron chi connectivity index (χ3n) is 6.04. The van der Waals surface area contributed by atoms with Gasteiger partial charge in [0.2, 0.25) is 0 Å². The van der Waals surface area contributed by atoms with Crippen LogP contribution in [0.1, 0.15) is 23.3 Å². The van der Waals surface area contributed by atoms with E-state index >= 15 is 0 Å². The van der Waals surface area contributed by atoms with Crippen LogP contribution >= 0.6 is 0 Å². The summed E-state index contributed by atoms with van der Waals surface area (Å²) >= 11 is 0. The molecule has 0 amide bonds. The minimum Gasteiger partial charge on any atom is -0.504 e. The van der Waals surface area contributed by atoms with E-state index in [0.717, 1.165) is 17.7 Å². The van der Waals surface area contributed by atoms with Gasteiger partial charge in [-0.05, 0) is 35.9 Å². The third-order valence-corrected chi connectivity index (χ3v) is 6.04. The highest BCUT2D eigenvalue weighted by Gasteiger charge is 2.90. The molecular weight excluding hydrogens is 336 g/mol. The Morgan fingerprint density at radius 2 is 1.62 bits per heavy atom. The fraction of sp³-hybridized carbons (Fsp3) is 0.400. The van der Waals surface area contributed by atoms with Crippen LogP contribution in [0.2, 0.25) is 0 Å². The van der Waals surface area contributed by atoms with Gasteiger partial charge < -0.3 is 28.8 Å². The first kappa shape index (κ1) is 15.8. The van der Waals surface area contributed by atoms with E-state index in [1.54, 1.807) is 26.4 Å². The summed E-state index contributed by atoms with van der Waals surface area (Å²) in [5, 5.41) is 19.7. The molecule has 0 saturated carbocycles. The molecule has 0 bridgehead atoms. The van der Waals surface area contributed by atoms with Crippen molar-refractivity contribution in [3.8, 4) is 23.0 Å². The third kappa shape index (κ3) is 1.88. The van der Waals surface area contributed by atoms with Gasteiger partial charge in [-0.2, -0.15) is 0 Å². The van der Waals surface area contributed by atoms with Crippen molar-refractivity contribution >= 4 is 0 Å². The molecular formula is C20H21O6+. The number of rotatable bonds is 4. The summed E-state index contributed by atoms with van der Waals surface area (Å²) in [5.74, 6) is 1.60. The molecule has 2 N–H and O–H groups in total. The normalized spacial score (nSPS) is 31.7. The number of aromatic hydroxyl groups is 2. The SMILES string of the molecule is COc1cc([C@@H]2[O+]3C[C@H]4[C@H](c5ccc(O)c(OC)c5)OC[C@@]243)ccc1O. The maximum Gasteiger partial charge on any atom is 0.279 e. The second kappa shape index (κ2) is 5.28. The van der Waals surface area contributed by atoms with Crippen LogP contribution < -0.4 is 9.47 Å². The van der Waals surface area contributed by atoms with Gasteiger partial charge in [-0.1, -0.05) is 6.07 Å². The zero-order valence-corrected chi connectivity index (χ0v) is 14.6. The first-order chi connectivity index (χ1) is 12.6. The van der Waals surface area contributed by atoms with Crippen molar-refractivity contribution in [3.05, 3.63) is 47.5 Å². The van der Waals surface area contributed by atoms with Crippen LogP contribution in [0.3, 0.4) is 0 Å². The number of phenolic OH excluding ortho intramolecular Hbond substituents is 2. The maximum atomic E-state index is 9.83. The summed E-state index contributed by atoms with van der Waals surface area (Å²) in [6.45, 7) is 1.53. The first-order valence-electron chi connectivity index (χ1n) is 8.65. The van der Waals surface area contributed by atoms with Gasteiger partial charge in [0.15, 0.2) is 29.6 Å². The monoisotopic (exact) mass is 357 g/mol. The van der Waals surface area contributed by atoms with Crippen molar-refractivity contribution in [2.24, 2.45) is 5.92 Å². The van der Waals surface area contributed by atoms with Crippen LogP contribution in [0.25, 0.3) is 0 Å². The molecule has 26 heavy (non-hydrogen) atoms. The van der Waals surface area contributed by atoms with E-state index in [2.05, 4.69) is 4.37 Å². The second-order valence-electron chi connectivity index (χ2n) is 7.13. The zero-order valence-electron chi connectivity index (χ0n) is 14.6. The number of epoxide rings is 1. The van der Waals surface area contributed by atoms with Gasteiger partial charge in [0.25, 0.3) is 11.7 Å². The number of ether oxygens (including phenoxy) is 3. The van der Waals surface area contributed by atoms with Crippen LogP contribution in [0.15, 0.2) is 36.4 Å². The average molecular weight is 357 g/mol. The lowest BCUT2D eigenvalue weighted by Crippen LogP contribution is -2.40. The van der Waals surface area contributed by atoms with Crippen molar-refractivity contribution < 1.29 is 28.8 Å². The molecule has 136 valence electrons. The highest BCUT2D eigenvalue weighted by molar-refractivity contribution is 5.47. The van der Waals surface area contributed by atoms with Gasteiger partial charge in [-0.3, -0.25) is 0 Å². The van der Waals surface area contributed by atoms with Crippen LogP contribution in [0.4, 0.5) is 0 Å². The van der Waals surface area contributed by atoms with E-state index in [9.17, 15) is 10.2 Å². The van der Waals surface area contributed by atoms with Crippen LogP contribution in [-0.2, 0) is 9.10 Å². The average Bonchev–Trinajstić information content (AvgIpc) is 3.00. The molecule has 0 aliphatic carbocycles. The summed E-state index contributed by atoms with van der Waals surface area (Å²) in [7, 11) is 3.10. The van der Waals surface area contributed by atoms with Crippen LogP contribution in [0, 0.1) is 5.92 Å². The van der Waals surface area contributed by atoms with Gasteiger partial charge in [0, 0.05) is 5.56 Å². The van der Waals surface area contributed by atoms with Crippen molar-refractivity contribution in [2.45, 2.75) is 17.8 Å². The quantitative estimate of drug-likeness (QED) is 0.650. The summed E-state index contributed by atoms with van der Waals surface area (Å²) in [6.07, 6.45) is 0.197. The maximum absolute atomic E-state index is 9.83. The summed E-state index contributed by atoms with van der Waals surface area (Å²) < 4.78 is 20.0. The van der Waals surface area contributed by atoms with Gasteiger partial charge in [-0.15, -0.1) is 0 Å². The van der Waals surface area contributed by atoms with E-state index in [-0.39, 0.29) is 29.3 Å². The minimum atomic E-state index is -0.0439. The number of hydrogen-bond acceptors (Lipinski definition) is 5. The summed E-state index contributed by atoms with van der Waals surface area (Å²) in [4.78, 5) is 0. The minimum absolute atomic E-state index is 0.0164. The van der Waals surface area contributed by atoms with Gasteiger partial charge in [0.05, 0.1) is 14.2 Å². The molecule has 6 nitrogen and oxygen atoms in total. The van der Waals surface area contributed by atoms with E-state index in [0.29, 0.717) is 24.0 Å². The first-order valence-corrected chi connectivity index (χ1v) is 8.65. The van der Waals surface area contributed by atoms with E-state index in [1.807, 2.05) is 24.3 Å². The second-order valence-corrected chi connectivity index (χ2v) is 7.13. The Balaban J connectivity index is 1.42. The Kier molecular flexibility index (Phi) is 3.21. The van der Waals surface area contributed by atoms with Crippen molar-refractivity contribution in [3.63, 3.8) is 0 Å². The largest absolute Gasteiger partial charge is 0.504 e. The highest BCUT2D eigenvalue weighted by atomic mass is 16.8. The molecule has 3 fully saturated rings. The van der Waals surface area contributed by atoms with Gasteiger partial charge >= 0.3 is 0 Å². The van der Waals surface area contributed by atoms with Gasteiger partial charge in [-0.25, -0.2) is 0 Å².